The van der Waals surface area contributed by atoms with Gasteiger partial charge in [0.2, 0.25) is 0 Å². The molecule has 0 unspecified atom stereocenters. The van der Waals surface area contributed by atoms with Crippen molar-refractivity contribution in [3.8, 4) is 22.3 Å². The fourth-order valence-electron chi connectivity index (χ4n) is 4.60. The van der Waals surface area contributed by atoms with Crippen LogP contribution in [0.15, 0.2) is 42.6 Å². The summed E-state index contributed by atoms with van der Waals surface area (Å²) in [5.74, 6) is 0.537. The van der Waals surface area contributed by atoms with E-state index in [0.717, 1.165) is 76.0 Å². The summed E-state index contributed by atoms with van der Waals surface area (Å²) in [6.07, 6.45) is 3.65. The molecule has 0 bridgehead atoms. The van der Waals surface area contributed by atoms with Crippen molar-refractivity contribution < 1.29 is 9.59 Å². The maximum atomic E-state index is 12.8. The maximum absolute atomic E-state index is 12.8. The van der Waals surface area contributed by atoms with Gasteiger partial charge in [0.05, 0.1) is 0 Å². The first-order valence-electron chi connectivity index (χ1n) is 11.0. The van der Waals surface area contributed by atoms with E-state index in [1.54, 1.807) is 6.20 Å². The summed E-state index contributed by atoms with van der Waals surface area (Å²) < 4.78 is 0. The predicted octanol–water partition coefficient (Wildman–Crippen LogP) is 3.75. The SMILES string of the molecule is Cc1cc(-c2cnc(N)c(-c3ccc4c(c3)CCNC4=O)c2)cc(C)c1C(=O)N1CCC1. The number of amides is 2. The smallest absolute Gasteiger partial charge is 0.254 e. The largest absolute Gasteiger partial charge is 0.383 e. The second kappa shape index (κ2) is 7.79. The Bertz CT molecular complexity index is 1240. The molecule has 32 heavy (non-hydrogen) atoms. The molecule has 162 valence electrons. The Morgan fingerprint density at radius 3 is 2.44 bits per heavy atom. The fraction of sp³-hybridized carbons (Fsp3) is 0.269. The number of hydrogen-bond donors (Lipinski definition) is 2. The highest BCUT2D eigenvalue weighted by Gasteiger charge is 2.25. The zero-order valence-corrected chi connectivity index (χ0v) is 18.4. The molecule has 5 rings (SSSR count). The number of hydrogen-bond acceptors (Lipinski definition) is 4. The highest BCUT2D eigenvalue weighted by molar-refractivity contribution is 5.99. The maximum Gasteiger partial charge on any atom is 0.254 e. The van der Waals surface area contributed by atoms with Crippen LogP contribution in [-0.4, -0.2) is 41.3 Å². The Morgan fingerprint density at radius 1 is 1.00 bits per heavy atom. The number of carbonyl (C=O) groups excluding carboxylic acids is 2. The molecule has 6 heteroatoms. The van der Waals surface area contributed by atoms with Crippen LogP contribution in [0.1, 0.15) is 43.8 Å². The first-order valence-corrected chi connectivity index (χ1v) is 11.0. The molecule has 0 aliphatic carbocycles. The molecule has 2 aliphatic rings. The van der Waals surface area contributed by atoms with Crippen molar-refractivity contribution in [2.24, 2.45) is 0 Å². The lowest BCUT2D eigenvalue weighted by atomic mass is 9.92. The lowest BCUT2D eigenvalue weighted by Gasteiger charge is -2.32. The number of nitrogens with one attached hydrogen (secondary N) is 1. The van der Waals surface area contributed by atoms with Crippen LogP contribution in [0.25, 0.3) is 22.3 Å². The molecule has 3 heterocycles. The van der Waals surface area contributed by atoms with Crippen molar-refractivity contribution in [2.45, 2.75) is 26.7 Å². The monoisotopic (exact) mass is 426 g/mol. The third-order valence-electron chi connectivity index (χ3n) is 6.48. The van der Waals surface area contributed by atoms with Crippen molar-refractivity contribution >= 4 is 17.6 Å². The van der Waals surface area contributed by atoms with E-state index in [9.17, 15) is 9.59 Å². The van der Waals surface area contributed by atoms with Gasteiger partial charge in [-0.25, -0.2) is 4.98 Å². The van der Waals surface area contributed by atoms with Gasteiger partial charge in [-0.15, -0.1) is 0 Å². The van der Waals surface area contributed by atoms with Crippen LogP contribution in [-0.2, 0) is 6.42 Å². The van der Waals surface area contributed by atoms with Crippen molar-refractivity contribution in [3.63, 3.8) is 0 Å². The van der Waals surface area contributed by atoms with E-state index < -0.39 is 0 Å². The number of pyridine rings is 1. The summed E-state index contributed by atoms with van der Waals surface area (Å²) in [7, 11) is 0. The minimum absolute atomic E-state index is 0.0311. The number of fused-ring (bicyclic) bond motifs is 1. The molecule has 2 aliphatic heterocycles. The third kappa shape index (κ3) is 3.42. The van der Waals surface area contributed by atoms with Crippen LogP contribution in [0, 0.1) is 13.8 Å². The number of anilines is 1. The molecular formula is C26H26N4O2. The Hall–Kier alpha value is -3.67. The van der Waals surface area contributed by atoms with E-state index in [0.29, 0.717) is 12.4 Å². The van der Waals surface area contributed by atoms with Crippen LogP contribution >= 0.6 is 0 Å². The van der Waals surface area contributed by atoms with Gasteiger partial charge in [0.25, 0.3) is 11.8 Å². The average Bonchev–Trinajstić information content (AvgIpc) is 2.72. The average molecular weight is 427 g/mol. The van der Waals surface area contributed by atoms with E-state index in [1.165, 1.54) is 0 Å². The van der Waals surface area contributed by atoms with Crippen LogP contribution in [0.5, 0.6) is 0 Å². The number of nitrogens with two attached hydrogens (primary N) is 1. The molecule has 2 aromatic carbocycles. The van der Waals surface area contributed by atoms with Gasteiger partial charge in [0.1, 0.15) is 5.82 Å². The van der Waals surface area contributed by atoms with E-state index in [-0.39, 0.29) is 11.8 Å². The summed E-state index contributed by atoms with van der Waals surface area (Å²) in [5.41, 5.74) is 14.5. The fourth-order valence-corrected chi connectivity index (χ4v) is 4.60. The number of aryl methyl sites for hydroxylation is 2. The Kier molecular flexibility index (Phi) is 4.93. The minimum atomic E-state index is -0.0311. The third-order valence-corrected chi connectivity index (χ3v) is 6.48. The molecule has 0 saturated carbocycles. The topological polar surface area (TPSA) is 88.3 Å². The van der Waals surface area contributed by atoms with E-state index in [4.69, 9.17) is 5.73 Å². The van der Waals surface area contributed by atoms with Crippen LogP contribution < -0.4 is 11.1 Å². The Balaban J connectivity index is 1.53. The van der Waals surface area contributed by atoms with Crippen LogP contribution in [0.3, 0.4) is 0 Å². The van der Waals surface area contributed by atoms with Crippen LogP contribution in [0.2, 0.25) is 0 Å². The van der Waals surface area contributed by atoms with E-state index in [1.807, 2.05) is 55.1 Å². The molecule has 3 aromatic rings. The van der Waals surface area contributed by atoms with Gasteiger partial charge in [-0.1, -0.05) is 24.3 Å². The molecular weight excluding hydrogens is 400 g/mol. The molecule has 1 fully saturated rings. The van der Waals surface area contributed by atoms with Gasteiger partial charge >= 0.3 is 0 Å². The minimum Gasteiger partial charge on any atom is -0.383 e. The van der Waals surface area contributed by atoms with Crippen LogP contribution in [0.4, 0.5) is 5.82 Å². The van der Waals surface area contributed by atoms with E-state index in [2.05, 4.69) is 10.3 Å². The molecule has 3 N–H and O–H groups in total. The van der Waals surface area contributed by atoms with Gasteiger partial charge in [0.15, 0.2) is 0 Å². The number of aromatic nitrogens is 1. The summed E-state index contributed by atoms with van der Waals surface area (Å²) in [6.45, 7) is 6.30. The van der Waals surface area contributed by atoms with Crippen molar-refractivity contribution in [3.05, 3.63) is 70.4 Å². The van der Waals surface area contributed by atoms with Gasteiger partial charge in [0, 0.05) is 48.1 Å². The van der Waals surface area contributed by atoms with Crippen molar-refractivity contribution in [1.82, 2.24) is 15.2 Å². The molecule has 0 radical (unpaired) electrons. The first-order chi connectivity index (χ1) is 15.4. The van der Waals surface area contributed by atoms with Crippen molar-refractivity contribution in [1.29, 1.82) is 0 Å². The lowest BCUT2D eigenvalue weighted by molar-refractivity contribution is 0.0650. The highest BCUT2D eigenvalue weighted by Crippen LogP contribution is 2.33. The Morgan fingerprint density at radius 2 is 1.75 bits per heavy atom. The van der Waals surface area contributed by atoms with Gasteiger partial charge in [-0.3, -0.25) is 9.59 Å². The van der Waals surface area contributed by atoms with Gasteiger partial charge in [-0.2, -0.15) is 0 Å². The first kappa shape index (κ1) is 20.2. The van der Waals surface area contributed by atoms with Gasteiger partial charge in [-0.05, 0) is 66.6 Å². The molecule has 1 saturated heterocycles. The highest BCUT2D eigenvalue weighted by atomic mass is 16.2. The van der Waals surface area contributed by atoms with Crippen molar-refractivity contribution in [2.75, 3.05) is 25.4 Å². The molecule has 0 spiro atoms. The van der Waals surface area contributed by atoms with Gasteiger partial charge < -0.3 is 16.0 Å². The number of likely N-dealkylation sites (tertiary alicyclic amines) is 1. The zero-order valence-electron chi connectivity index (χ0n) is 18.4. The summed E-state index contributed by atoms with van der Waals surface area (Å²) in [6, 6.07) is 12.0. The normalized spacial score (nSPS) is 15.1. The summed E-state index contributed by atoms with van der Waals surface area (Å²) >= 11 is 0. The lowest BCUT2D eigenvalue weighted by Crippen LogP contribution is -2.42. The molecule has 0 atom stereocenters. The second-order valence-electron chi connectivity index (χ2n) is 8.67. The molecule has 1 aromatic heterocycles. The number of nitrogens with zero attached hydrogens (tertiary/aromatic N) is 2. The quantitative estimate of drug-likeness (QED) is 0.668. The second-order valence-corrected chi connectivity index (χ2v) is 8.67. The molecule has 2 amide bonds. The zero-order chi connectivity index (χ0) is 22.4. The van der Waals surface area contributed by atoms with E-state index >= 15 is 0 Å². The predicted molar refractivity (Wildman–Crippen MR) is 126 cm³/mol. The summed E-state index contributed by atoms with van der Waals surface area (Å²) in [4.78, 5) is 31.2. The number of carbonyl (C=O) groups is 2. The number of nitrogen functional groups attached to an aromatic ring is 1. The number of rotatable bonds is 3. The molecule has 6 nitrogen and oxygen atoms in total. The summed E-state index contributed by atoms with van der Waals surface area (Å²) in [5, 5.41) is 2.87. The Labute approximate surface area is 187 Å². The number of benzene rings is 2. The standard InChI is InChI=1S/C26H26N4O2/c1-15-10-19(11-16(2)23(15)26(32)30-8-3-9-30)20-13-22(24(27)29-14-20)17-4-5-21-18(12-17)6-7-28-25(21)31/h4-5,10-14H,3,6-9H2,1-2H3,(H2,27,29)(H,28,31).